The molecular weight excluding hydrogens is 797 g/mol. The average Bonchev–Trinajstić information content (AvgIpc) is 3.97. The van der Waals surface area contributed by atoms with E-state index in [2.05, 4.69) is 86.8 Å². The highest BCUT2D eigenvalue weighted by molar-refractivity contribution is 6.05. The molecule has 9 rings (SSSR count). The highest BCUT2D eigenvalue weighted by Gasteiger charge is 2.28. The number of benzene rings is 2. The summed E-state index contributed by atoms with van der Waals surface area (Å²) in [5.74, 6) is 0.471. The van der Waals surface area contributed by atoms with Crippen molar-refractivity contribution >= 4 is 45.9 Å². The number of fused-ring (bicyclic) bond motifs is 1. The molecule has 3 saturated heterocycles. The third-order valence-electron chi connectivity index (χ3n) is 12.5. The van der Waals surface area contributed by atoms with E-state index in [1.54, 1.807) is 11.2 Å². The fourth-order valence-electron chi connectivity index (χ4n) is 8.89. The van der Waals surface area contributed by atoms with Gasteiger partial charge in [-0.3, -0.25) is 29.7 Å². The maximum Gasteiger partial charge on any atom is 0.328 e. The molecule has 0 saturated carbocycles. The summed E-state index contributed by atoms with van der Waals surface area (Å²) in [5.41, 5.74) is 8.96. The number of urea groups is 1. The SMILES string of the molecule is Cc1cc(-c2ncnc3[nH]c(-c4ccc(N5CCN(CC6CCN(c7ccc(N8CCC(=O)NC8=O)cc7)CC6)CC5)cn4)cc23)ccc1[C@@H](C)NC(=O)c1nc(C(C)(C)C)no1. The van der Waals surface area contributed by atoms with Gasteiger partial charge in [-0.05, 0) is 92.3 Å². The number of aryl methyl sites for hydroxylation is 1. The van der Waals surface area contributed by atoms with E-state index >= 15 is 0 Å². The predicted molar refractivity (Wildman–Crippen MR) is 242 cm³/mol. The Balaban J connectivity index is 0.768. The van der Waals surface area contributed by atoms with Crippen molar-refractivity contribution in [3.05, 3.63) is 96.0 Å². The molecule has 7 heterocycles. The smallest absolute Gasteiger partial charge is 0.328 e. The number of amides is 4. The third kappa shape index (κ3) is 8.98. The largest absolute Gasteiger partial charge is 0.372 e. The molecule has 0 radical (unpaired) electrons. The fraction of sp³-hybridized carbons (Fsp3) is 0.404. The number of nitrogens with one attached hydrogen (secondary N) is 3. The molecule has 16 heteroatoms. The molecule has 0 aliphatic carbocycles. The average molecular weight is 851 g/mol. The van der Waals surface area contributed by atoms with Crippen LogP contribution in [0.25, 0.3) is 33.7 Å². The number of carbonyl (C=O) groups is 3. The molecule has 0 bridgehead atoms. The highest BCUT2D eigenvalue weighted by atomic mass is 16.5. The van der Waals surface area contributed by atoms with E-state index in [4.69, 9.17) is 9.51 Å². The second-order valence-corrected chi connectivity index (χ2v) is 18.0. The number of anilines is 3. The molecule has 16 nitrogen and oxygen atoms in total. The first-order valence-corrected chi connectivity index (χ1v) is 21.9. The number of aromatic nitrogens is 6. The van der Waals surface area contributed by atoms with Crippen LogP contribution in [0.4, 0.5) is 21.9 Å². The molecule has 0 unspecified atom stereocenters. The standard InChI is InChI=1S/C47H54N12O4/c1-29-24-32(6-12-36(29)30(2)51-43(61)44-54-45(55-63-44)47(3,4)5)41-37-25-39(52-42(37)50-28-49-41)38-13-11-35(26-48-38)58-22-20-56(21-23-58)27-31-14-17-57(18-15-31)33-7-9-34(10-8-33)59-19-16-40(60)53-46(59)62/h6-13,24-26,28,30-31H,14-23,27H2,1-5H3,(H,51,61)(H,49,50,52)(H,53,60,62)/t30-/m1/s1. The number of carbonyl (C=O) groups excluding carboxylic acids is 3. The molecule has 63 heavy (non-hydrogen) atoms. The number of hydrogen-bond donors (Lipinski definition) is 3. The summed E-state index contributed by atoms with van der Waals surface area (Å²) >= 11 is 0. The lowest BCUT2D eigenvalue weighted by Gasteiger charge is -2.40. The molecule has 3 fully saturated rings. The molecule has 3 aliphatic rings. The van der Waals surface area contributed by atoms with E-state index in [0.29, 0.717) is 24.7 Å². The minimum atomic E-state index is -0.412. The van der Waals surface area contributed by atoms with Gasteiger partial charge >= 0.3 is 17.8 Å². The van der Waals surface area contributed by atoms with Gasteiger partial charge in [0.05, 0.1) is 35.0 Å². The topological polar surface area (TPSA) is 182 Å². The Labute approximate surface area is 366 Å². The number of aromatic amines is 1. The van der Waals surface area contributed by atoms with Crippen LogP contribution < -0.4 is 25.3 Å². The first kappa shape index (κ1) is 41.7. The molecule has 4 aromatic heterocycles. The minimum absolute atomic E-state index is 0.0505. The van der Waals surface area contributed by atoms with Crippen LogP contribution in [0.3, 0.4) is 0 Å². The summed E-state index contributed by atoms with van der Waals surface area (Å²) in [4.78, 5) is 67.7. The van der Waals surface area contributed by atoms with Gasteiger partial charge in [-0.2, -0.15) is 4.98 Å². The lowest BCUT2D eigenvalue weighted by Crippen LogP contribution is -2.49. The van der Waals surface area contributed by atoms with E-state index in [-0.39, 0.29) is 29.3 Å². The fourth-order valence-corrected chi connectivity index (χ4v) is 8.89. The molecule has 2 aromatic carbocycles. The van der Waals surface area contributed by atoms with Gasteiger partial charge in [0.1, 0.15) is 12.0 Å². The Morgan fingerprint density at radius 3 is 2.29 bits per heavy atom. The van der Waals surface area contributed by atoms with E-state index in [1.807, 2.05) is 65.1 Å². The molecule has 0 spiro atoms. The van der Waals surface area contributed by atoms with Crippen LogP contribution in [0, 0.1) is 12.8 Å². The highest BCUT2D eigenvalue weighted by Crippen LogP contribution is 2.33. The number of rotatable bonds is 10. The molecule has 3 N–H and O–H groups in total. The van der Waals surface area contributed by atoms with Gasteiger partial charge in [-0.15, -0.1) is 0 Å². The zero-order valence-corrected chi connectivity index (χ0v) is 36.5. The first-order chi connectivity index (χ1) is 30.4. The van der Waals surface area contributed by atoms with Crippen molar-refractivity contribution in [2.24, 2.45) is 5.92 Å². The molecule has 6 aromatic rings. The second kappa shape index (κ2) is 17.2. The Bertz CT molecular complexity index is 2620. The lowest BCUT2D eigenvalue weighted by molar-refractivity contribution is -0.120. The number of imide groups is 1. The van der Waals surface area contributed by atoms with Crippen molar-refractivity contribution in [2.45, 2.75) is 65.3 Å². The van der Waals surface area contributed by atoms with E-state index in [1.165, 1.54) is 5.69 Å². The predicted octanol–water partition coefficient (Wildman–Crippen LogP) is 6.65. The van der Waals surface area contributed by atoms with Crippen molar-refractivity contribution in [1.29, 1.82) is 0 Å². The van der Waals surface area contributed by atoms with Crippen LogP contribution in [0.15, 0.2) is 77.7 Å². The van der Waals surface area contributed by atoms with Gasteiger partial charge in [0.2, 0.25) is 5.91 Å². The van der Waals surface area contributed by atoms with Gasteiger partial charge in [0.15, 0.2) is 5.82 Å². The third-order valence-corrected chi connectivity index (χ3v) is 12.5. The van der Waals surface area contributed by atoms with Crippen LogP contribution in [-0.4, -0.2) is 105 Å². The van der Waals surface area contributed by atoms with Crippen molar-refractivity contribution in [1.82, 2.24) is 45.6 Å². The summed E-state index contributed by atoms with van der Waals surface area (Å²) in [6.45, 7) is 17.4. The first-order valence-electron chi connectivity index (χ1n) is 21.9. The van der Waals surface area contributed by atoms with E-state index in [9.17, 15) is 14.4 Å². The minimum Gasteiger partial charge on any atom is -0.372 e. The van der Waals surface area contributed by atoms with Crippen LogP contribution >= 0.6 is 0 Å². The summed E-state index contributed by atoms with van der Waals surface area (Å²) in [6, 6.07) is 19.9. The van der Waals surface area contributed by atoms with Gasteiger partial charge in [0.25, 0.3) is 0 Å². The zero-order valence-electron chi connectivity index (χ0n) is 36.5. The molecule has 1 atom stereocenters. The summed E-state index contributed by atoms with van der Waals surface area (Å²) in [5, 5.41) is 10.3. The van der Waals surface area contributed by atoms with Gasteiger partial charge in [0, 0.05) is 86.5 Å². The van der Waals surface area contributed by atoms with Crippen molar-refractivity contribution in [3.8, 4) is 22.6 Å². The molecule has 3 aliphatic heterocycles. The van der Waals surface area contributed by atoms with Gasteiger partial charge < -0.3 is 24.6 Å². The number of piperidine rings is 1. The number of nitrogens with zero attached hydrogens (tertiary/aromatic N) is 9. The molecule has 4 amide bonds. The van der Waals surface area contributed by atoms with E-state index < -0.39 is 5.91 Å². The summed E-state index contributed by atoms with van der Waals surface area (Å²) < 4.78 is 5.25. The Morgan fingerprint density at radius 1 is 0.873 bits per heavy atom. The molecular formula is C47H54N12O4. The van der Waals surface area contributed by atoms with Crippen molar-refractivity contribution in [2.75, 3.05) is 67.1 Å². The summed E-state index contributed by atoms with van der Waals surface area (Å²) in [6.07, 6.45) is 6.17. The lowest BCUT2D eigenvalue weighted by atomic mass is 9.95. The van der Waals surface area contributed by atoms with E-state index in [0.717, 1.165) is 115 Å². The van der Waals surface area contributed by atoms with Gasteiger partial charge in [-0.25, -0.2) is 14.8 Å². The van der Waals surface area contributed by atoms with Crippen LogP contribution in [0.2, 0.25) is 0 Å². The summed E-state index contributed by atoms with van der Waals surface area (Å²) in [7, 11) is 0. The Morgan fingerprint density at radius 2 is 1.60 bits per heavy atom. The van der Waals surface area contributed by atoms with Crippen molar-refractivity contribution < 1.29 is 18.9 Å². The number of hydrogen-bond acceptors (Lipinski definition) is 12. The zero-order chi connectivity index (χ0) is 43.8. The van der Waals surface area contributed by atoms with Crippen LogP contribution in [0.1, 0.15) is 80.6 Å². The Kier molecular flexibility index (Phi) is 11.4. The van der Waals surface area contributed by atoms with Crippen molar-refractivity contribution in [3.63, 3.8) is 0 Å². The van der Waals surface area contributed by atoms with Crippen LogP contribution in [0.5, 0.6) is 0 Å². The number of H-pyrrole nitrogens is 1. The Hall–Kier alpha value is -6.68. The maximum absolute atomic E-state index is 12.9. The molecule has 326 valence electrons. The number of pyridine rings is 1. The quantitative estimate of drug-likeness (QED) is 0.134. The maximum atomic E-state index is 12.9. The number of piperazine rings is 1. The van der Waals surface area contributed by atoms with Gasteiger partial charge in [-0.1, -0.05) is 38.1 Å². The monoisotopic (exact) mass is 850 g/mol. The second-order valence-electron chi connectivity index (χ2n) is 18.0. The van der Waals surface area contributed by atoms with Crippen LogP contribution in [-0.2, 0) is 10.2 Å². The normalized spacial score (nSPS) is 17.3.